The van der Waals surface area contributed by atoms with Gasteiger partial charge in [0.15, 0.2) is 5.17 Å². The van der Waals surface area contributed by atoms with Crippen molar-refractivity contribution < 1.29 is 17.9 Å². The van der Waals surface area contributed by atoms with Gasteiger partial charge in [-0.25, -0.2) is 8.42 Å². The number of fused-ring (bicyclic) bond motifs is 3. The summed E-state index contributed by atoms with van der Waals surface area (Å²) in [5.41, 5.74) is 2.03. The van der Waals surface area contributed by atoms with Crippen LogP contribution in [0.25, 0.3) is 0 Å². The van der Waals surface area contributed by atoms with Crippen LogP contribution in [-0.2, 0) is 10.0 Å². The van der Waals surface area contributed by atoms with Crippen LogP contribution in [0.5, 0.6) is 5.75 Å². The monoisotopic (exact) mass is 417 g/mol. The Labute approximate surface area is 167 Å². The summed E-state index contributed by atoms with van der Waals surface area (Å²) in [4.78, 5) is 15.4. The number of sulfonamides is 1. The van der Waals surface area contributed by atoms with Crippen molar-refractivity contribution in [3.05, 3.63) is 48.0 Å². The number of hydrogen-bond donors (Lipinski definition) is 1. The normalized spacial score (nSPS) is 16.8. The van der Waals surface area contributed by atoms with Gasteiger partial charge in [-0.15, -0.1) is 4.40 Å². The number of rotatable bonds is 5. The highest BCUT2D eigenvalue weighted by Crippen LogP contribution is 2.42. The van der Waals surface area contributed by atoms with Crippen molar-refractivity contribution in [2.24, 2.45) is 4.40 Å². The maximum Gasteiger partial charge on any atom is 0.257 e. The molecule has 0 unspecified atom stereocenters. The molecule has 2 aliphatic rings. The predicted octanol–water partition coefficient (Wildman–Crippen LogP) is 3.34. The van der Waals surface area contributed by atoms with Crippen LogP contribution >= 0.6 is 11.8 Å². The van der Waals surface area contributed by atoms with Crippen molar-refractivity contribution in [2.75, 3.05) is 29.1 Å². The minimum absolute atomic E-state index is 0.00478. The second-order valence-electron chi connectivity index (χ2n) is 6.43. The number of ether oxygens (including phenoxy) is 1. The van der Waals surface area contributed by atoms with Crippen molar-refractivity contribution in [1.82, 2.24) is 0 Å². The molecule has 9 heteroatoms. The quantitative estimate of drug-likeness (QED) is 0.803. The first kappa shape index (κ1) is 18.8. The lowest BCUT2D eigenvalue weighted by Gasteiger charge is -2.22. The highest BCUT2D eigenvalue weighted by molar-refractivity contribution is 8.15. The Hall–Kier alpha value is -2.52. The van der Waals surface area contributed by atoms with E-state index < -0.39 is 10.0 Å². The highest BCUT2D eigenvalue weighted by Gasteiger charge is 2.33. The molecule has 1 amide bonds. The molecule has 0 saturated carbocycles. The molecule has 2 aromatic carbocycles. The SMILES string of the molecule is CCCOc1cccc(NC(=O)c2ccc3c(c2)SC2=NS(=O)(=O)CCN23)c1. The van der Waals surface area contributed by atoms with Gasteiger partial charge in [-0.3, -0.25) is 4.79 Å². The largest absolute Gasteiger partial charge is 0.494 e. The molecule has 0 atom stereocenters. The van der Waals surface area contributed by atoms with Crippen LogP contribution in [-0.4, -0.2) is 38.4 Å². The Bertz CT molecular complexity index is 1070. The third kappa shape index (κ3) is 3.85. The summed E-state index contributed by atoms with van der Waals surface area (Å²) in [6, 6.07) is 12.6. The van der Waals surface area contributed by atoms with Crippen molar-refractivity contribution in [1.29, 1.82) is 0 Å². The van der Waals surface area contributed by atoms with E-state index in [4.69, 9.17) is 4.74 Å². The second kappa shape index (κ2) is 7.48. The summed E-state index contributed by atoms with van der Waals surface area (Å²) in [7, 11) is -3.40. The van der Waals surface area contributed by atoms with Gasteiger partial charge in [-0.05, 0) is 48.5 Å². The van der Waals surface area contributed by atoms with Crippen molar-refractivity contribution in [2.45, 2.75) is 18.2 Å². The van der Waals surface area contributed by atoms with E-state index in [1.165, 1.54) is 11.8 Å². The molecular formula is C19H19N3O4S2. The number of nitrogens with zero attached hydrogens (tertiary/aromatic N) is 2. The first-order valence-electron chi connectivity index (χ1n) is 8.91. The Morgan fingerprint density at radius 2 is 2.14 bits per heavy atom. The van der Waals surface area contributed by atoms with Gasteiger partial charge in [-0.2, -0.15) is 0 Å². The molecule has 2 heterocycles. The summed E-state index contributed by atoms with van der Waals surface area (Å²) in [5, 5.41) is 3.32. The number of thioether (sulfide) groups is 1. The van der Waals surface area contributed by atoms with E-state index in [9.17, 15) is 13.2 Å². The number of benzene rings is 2. The van der Waals surface area contributed by atoms with Gasteiger partial charge in [0, 0.05) is 28.8 Å². The van der Waals surface area contributed by atoms with E-state index in [2.05, 4.69) is 9.71 Å². The average molecular weight is 418 g/mol. The fourth-order valence-corrected chi connectivity index (χ4v) is 5.25. The van der Waals surface area contributed by atoms with Gasteiger partial charge < -0.3 is 15.0 Å². The van der Waals surface area contributed by atoms with Crippen LogP contribution in [0.4, 0.5) is 11.4 Å². The minimum atomic E-state index is -3.40. The topological polar surface area (TPSA) is 88.1 Å². The summed E-state index contributed by atoms with van der Waals surface area (Å²) in [6.45, 7) is 3.03. The van der Waals surface area contributed by atoms with Gasteiger partial charge >= 0.3 is 0 Å². The highest BCUT2D eigenvalue weighted by atomic mass is 32.2. The summed E-state index contributed by atoms with van der Waals surface area (Å²) in [6.07, 6.45) is 0.910. The van der Waals surface area contributed by atoms with Crippen LogP contribution in [0.15, 0.2) is 51.8 Å². The zero-order valence-electron chi connectivity index (χ0n) is 15.2. The molecule has 4 rings (SSSR count). The van der Waals surface area contributed by atoms with E-state index in [1.54, 1.807) is 24.3 Å². The average Bonchev–Trinajstić information content (AvgIpc) is 3.01. The number of nitrogens with one attached hydrogen (secondary N) is 1. The van der Waals surface area contributed by atoms with Crippen molar-refractivity contribution in [3.63, 3.8) is 0 Å². The van der Waals surface area contributed by atoms with Gasteiger partial charge in [0.1, 0.15) is 5.75 Å². The van der Waals surface area contributed by atoms with E-state index in [-0.39, 0.29) is 11.7 Å². The fourth-order valence-electron chi connectivity index (χ4n) is 2.96. The van der Waals surface area contributed by atoms with Gasteiger partial charge in [-0.1, -0.05) is 13.0 Å². The maximum atomic E-state index is 12.7. The molecular weight excluding hydrogens is 398 g/mol. The fraction of sp³-hybridized carbons (Fsp3) is 0.263. The van der Waals surface area contributed by atoms with Crippen LogP contribution in [0.1, 0.15) is 23.7 Å². The van der Waals surface area contributed by atoms with Crippen molar-refractivity contribution in [3.8, 4) is 5.75 Å². The molecule has 0 spiro atoms. The number of anilines is 2. The summed E-state index contributed by atoms with van der Waals surface area (Å²) < 4.78 is 32.9. The summed E-state index contributed by atoms with van der Waals surface area (Å²) >= 11 is 1.27. The second-order valence-corrected chi connectivity index (χ2v) is 9.19. The third-order valence-corrected chi connectivity index (χ3v) is 6.61. The zero-order valence-corrected chi connectivity index (χ0v) is 16.8. The van der Waals surface area contributed by atoms with Crippen LogP contribution in [0, 0.1) is 0 Å². The molecule has 146 valence electrons. The maximum absolute atomic E-state index is 12.7. The van der Waals surface area contributed by atoms with Gasteiger partial charge in [0.05, 0.1) is 18.0 Å². The van der Waals surface area contributed by atoms with Crippen LogP contribution < -0.4 is 15.0 Å². The Morgan fingerprint density at radius 1 is 1.29 bits per heavy atom. The van der Waals surface area contributed by atoms with Crippen LogP contribution in [0.2, 0.25) is 0 Å². The molecule has 28 heavy (non-hydrogen) atoms. The number of carbonyl (C=O) groups excluding carboxylic acids is 1. The zero-order chi connectivity index (χ0) is 19.7. The molecule has 7 nitrogen and oxygen atoms in total. The molecule has 1 N–H and O–H groups in total. The third-order valence-electron chi connectivity index (χ3n) is 4.30. The minimum Gasteiger partial charge on any atom is -0.494 e. The smallest absolute Gasteiger partial charge is 0.257 e. The number of amidine groups is 1. The van der Waals surface area contributed by atoms with E-state index in [0.29, 0.717) is 35.3 Å². The Balaban J connectivity index is 1.52. The van der Waals surface area contributed by atoms with Crippen LogP contribution in [0.3, 0.4) is 0 Å². The standard InChI is InChI=1S/C19H19N3O4S2/c1-2-9-26-15-5-3-4-14(12-15)20-18(23)13-6-7-16-17(11-13)27-19-21-28(24,25)10-8-22(16)19/h3-7,11-12H,2,8-10H2,1H3,(H,20,23). The van der Waals surface area contributed by atoms with E-state index in [0.717, 1.165) is 17.0 Å². The number of carbonyl (C=O) groups is 1. The van der Waals surface area contributed by atoms with Crippen molar-refractivity contribution >= 4 is 44.2 Å². The molecule has 0 bridgehead atoms. The Morgan fingerprint density at radius 3 is 2.96 bits per heavy atom. The molecule has 2 aromatic rings. The van der Waals surface area contributed by atoms with E-state index >= 15 is 0 Å². The number of hydrogen-bond acceptors (Lipinski definition) is 6. The Kier molecular flexibility index (Phi) is 5.03. The molecule has 0 aliphatic carbocycles. The molecule has 2 aliphatic heterocycles. The molecule has 0 fully saturated rings. The van der Waals surface area contributed by atoms with Gasteiger partial charge in [0.25, 0.3) is 15.9 Å². The number of amides is 1. The predicted molar refractivity (Wildman–Crippen MR) is 111 cm³/mol. The first-order valence-corrected chi connectivity index (χ1v) is 11.3. The molecule has 0 radical (unpaired) electrons. The lowest BCUT2D eigenvalue weighted by Crippen LogP contribution is -2.35. The summed E-state index contributed by atoms with van der Waals surface area (Å²) in [5.74, 6) is 0.463. The van der Waals surface area contributed by atoms with E-state index in [1.807, 2.05) is 30.0 Å². The van der Waals surface area contributed by atoms with Gasteiger partial charge in [0.2, 0.25) is 0 Å². The lowest BCUT2D eigenvalue weighted by atomic mass is 10.1. The lowest BCUT2D eigenvalue weighted by molar-refractivity contribution is 0.102. The molecule has 0 saturated heterocycles. The molecule has 0 aromatic heterocycles. The first-order chi connectivity index (χ1) is 13.4.